The fourth-order valence-electron chi connectivity index (χ4n) is 9.10. The third-order valence-corrected chi connectivity index (χ3v) is 11.3. The number of rotatable bonds is 5. The summed E-state index contributed by atoms with van der Waals surface area (Å²) in [6, 6.07) is 42.0. The van der Waals surface area contributed by atoms with Crippen molar-refractivity contribution in [2.24, 2.45) is 0 Å². The molecule has 0 saturated carbocycles. The molecule has 0 atom stereocenters. The molecular weight excluding hydrogens is 657 g/mol. The van der Waals surface area contributed by atoms with Gasteiger partial charge in [-0.1, -0.05) is 173 Å². The van der Waals surface area contributed by atoms with E-state index in [1.807, 2.05) is 0 Å². The zero-order valence-corrected chi connectivity index (χ0v) is 34.0. The molecular formula is C52H54O2. The van der Waals surface area contributed by atoms with Crippen molar-refractivity contribution in [3.05, 3.63) is 143 Å². The highest BCUT2D eigenvalue weighted by molar-refractivity contribution is 6.13. The number of furan rings is 2. The lowest BCUT2D eigenvalue weighted by Crippen LogP contribution is -2.28. The highest BCUT2D eigenvalue weighted by Gasteiger charge is 2.35. The van der Waals surface area contributed by atoms with Gasteiger partial charge in [0, 0.05) is 27.1 Å². The lowest BCUT2D eigenvalue weighted by Gasteiger charge is -2.37. The molecule has 8 aromatic rings. The van der Waals surface area contributed by atoms with Crippen LogP contribution in [0.15, 0.2) is 124 Å². The van der Waals surface area contributed by atoms with Gasteiger partial charge in [-0.3, -0.25) is 0 Å². The van der Waals surface area contributed by atoms with Crippen LogP contribution in [0.5, 0.6) is 0 Å². The first-order valence-electron chi connectivity index (χ1n) is 19.6. The van der Waals surface area contributed by atoms with Crippen molar-refractivity contribution in [3.63, 3.8) is 0 Å². The van der Waals surface area contributed by atoms with Crippen LogP contribution in [0.2, 0.25) is 0 Å². The van der Waals surface area contributed by atoms with Crippen LogP contribution in [0.25, 0.3) is 66.1 Å². The van der Waals surface area contributed by atoms with E-state index in [9.17, 15) is 0 Å². The van der Waals surface area contributed by atoms with Crippen LogP contribution in [-0.4, -0.2) is 0 Å². The second-order valence-electron chi connectivity index (χ2n) is 19.2. The smallest absolute Gasteiger partial charge is 0.143 e. The van der Waals surface area contributed by atoms with E-state index >= 15 is 0 Å². The third kappa shape index (κ3) is 6.05. The molecule has 2 heteroatoms. The molecule has 54 heavy (non-hydrogen) atoms. The first-order valence-corrected chi connectivity index (χ1v) is 19.6. The Morgan fingerprint density at radius 2 is 0.963 bits per heavy atom. The van der Waals surface area contributed by atoms with Crippen LogP contribution < -0.4 is 0 Å². The van der Waals surface area contributed by atoms with Gasteiger partial charge in [-0.25, -0.2) is 0 Å². The second kappa shape index (κ2) is 12.5. The monoisotopic (exact) mass is 710 g/mol. The van der Waals surface area contributed by atoms with Gasteiger partial charge in [-0.15, -0.1) is 0 Å². The summed E-state index contributed by atoms with van der Waals surface area (Å²) in [6.45, 7) is 26.1. The Hall–Kier alpha value is -5.08. The van der Waals surface area contributed by atoms with Gasteiger partial charge in [0.05, 0.1) is 0 Å². The maximum atomic E-state index is 6.71. The molecule has 0 fully saturated rings. The van der Waals surface area contributed by atoms with Gasteiger partial charge in [0.2, 0.25) is 0 Å². The first kappa shape index (κ1) is 35.9. The summed E-state index contributed by atoms with van der Waals surface area (Å²) in [5.74, 6) is 0. The number of para-hydroxylation sites is 3. The zero-order valence-electron chi connectivity index (χ0n) is 34.0. The number of fused-ring (bicyclic) bond motifs is 6. The second-order valence-corrected chi connectivity index (χ2v) is 19.2. The molecule has 0 aliphatic heterocycles. The lowest BCUT2D eigenvalue weighted by atomic mass is 9.67. The van der Waals surface area contributed by atoms with Gasteiger partial charge in [-0.05, 0) is 90.8 Å². The van der Waals surface area contributed by atoms with E-state index in [0.717, 1.165) is 50.5 Å². The Morgan fingerprint density at radius 1 is 0.407 bits per heavy atom. The maximum Gasteiger partial charge on any atom is 0.143 e. The molecule has 2 nitrogen and oxygen atoms in total. The molecule has 0 saturated heterocycles. The molecule has 0 unspecified atom stereocenters. The molecule has 2 heterocycles. The predicted octanol–water partition coefficient (Wildman–Crippen LogP) is 15.2. The van der Waals surface area contributed by atoms with E-state index in [-0.39, 0.29) is 21.7 Å². The third-order valence-electron chi connectivity index (χ3n) is 11.3. The van der Waals surface area contributed by atoms with E-state index in [0.29, 0.717) is 0 Å². The minimum Gasteiger partial charge on any atom is -0.456 e. The molecule has 0 spiro atoms. The molecule has 0 N–H and O–H groups in total. The highest BCUT2D eigenvalue weighted by atomic mass is 16.3. The van der Waals surface area contributed by atoms with Crippen molar-refractivity contribution in [2.45, 2.75) is 104 Å². The maximum absolute atomic E-state index is 6.71. The summed E-state index contributed by atoms with van der Waals surface area (Å²) in [5, 5.41) is 4.66. The fraction of sp³-hybridized carbons (Fsp3) is 0.308. The number of benzene rings is 6. The highest BCUT2D eigenvalue weighted by Crippen LogP contribution is 2.48. The van der Waals surface area contributed by atoms with Crippen molar-refractivity contribution in [3.8, 4) is 22.3 Å². The first-order chi connectivity index (χ1) is 25.4. The molecule has 6 aromatic carbocycles. The van der Waals surface area contributed by atoms with Gasteiger partial charge >= 0.3 is 0 Å². The molecule has 0 aliphatic carbocycles. The number of hydrogen-bond acceptors (Lipinski definition) is 2. The summed E-state index contributed by atoms with van der Waals surface area (Å²) >= 11 is 0. The average molecular weight is 711 g/mol. The SMILES string of the molecule is CC(C)(C)c1cc(CC(C)(C)c2c(-c3cccc4oc5ccccc5c34)cccc2C(C)(C)C)cc(-c2cccc3c2oc2ccccc23)c1C(C)(C)C. The van der Waals surface area contributed by atoms with Crippen molar-refractivity contribution < 1.29 is 8.83 Å². The Morgan fingerprint density at radius 3 is 1.65 bits per heavy atom. The molecule has 2 aromatic heterocycles. The van der Waals surface area contributed by atoms with Crippen LogP contribution in [-0.2, 0) is 28.1 Å². The molecule has 0 radical (unpaired) electrons. The Bertz CT molecular complexity index is 2710. The summed E-state index contributed by atoms with van der Waals surface area (Å²) in [4.78, 5) is 0. The standard InChI is InChI=1S/C52H54O2/c1-49(2,3)40-25-17-22-35(34-21-18-28-44-45(34)38-20-13-15-27-43(38)53-44)47(40)52(10,11)31-32-29-39(46(51(7,8)9)41(30-32)50(4,5)6)37-24-16-23-36-33-19-12-14-26-42(33)54-48(36)37/h12-30H,31H2,1-11H3. The van der Waals surface area contributed by atoms with Crippen molar-refractivity contribution in [1.29, 1.82) is 0 Å². The van der Waals surface area contributed by atoms with Gasteiger partial charge in [0.15, 0.2) is 0 Å². The van der Waals surface area contributed by atoms with Crippen LogP contribution in [0.3, 0.4) is 0 Å². The quantitative estimate of drug-likeness (QED) is 0.178. The van der Waals surface area contributed by atoms with E-state index in [1.165, 1.54) is 49.9 Å². The van der Waals surface area contributed by atoms with E-state index in [4.69, 9.17) is 8.83 Å². The lowest BCUT2D eigenvalue weighted by molar-refractivity contribution is 0.490. The normalized spacial score (nSPS) is 13.2. The molecule has 0 amide bonds. The number of hydrogen-bond donors (Lipinski definition) is 0. The van der Waals surface area contributed by atoms with Crippen molar-refractivity contribution >= 4 is 43.9 Å². The summed E-state index contributed by atoms with van der Waals surface area (Å²) in [7, 11) is 0. The predicted molar refractivity (Wildman–Crippen MR) is 231 cm³/mol. The van der Waals surface area contributed by atoms with Gasteiger partial charge < -0.3 is 8.83 Å². The summed E-state index contributed by atoms with van der Waals surface area (Å²) < 4.78 is 13.1. The molecule has 8 rings (SSSR count). The Labute approximate surface area is 321 Å². The van der Waals surface area contributed by atoms with Crippen LogP contribution in [0, 0.1) is 0 Å². The minimum atomic E-state index is -0.234. The van der Waals surface area contributed by atoms with Crippen molar-refractivity contribution in [1.82, 2.24) is 0 Å². The van der Waals surface area contributed by atoms with Crippen LogP contribution in [0.4, 0.5) is 0 Å². The zero-order chi connectivity index (χ0) is 38.4. The largest absolute Gasteiger partial charge is 0.456 e. The van der Waals surface area contributed by atoms with Crippen molar-refractivity contribution in [2.75, 3.05) is 0 Å². The molecule has 274 valence electrons. The summed E-state index contributed by atoms with van der Waals surface area (Å²) in [6.07, 6.45) is 0.867. The molecule has 0 aliphatic rings. The van der Waals surface area contributed by atoms with Gasteiger partial charge in [0.25, 0.3) is 0 Å². The van der Waals surface area contributed by atoms with Crippen LogP contribution >= 0.6 is 0 Å². The molecule has 0 bridgehead atoms. The van der Waals surface area contributed by atoms with Crippen LogP contribution in [0.1, 0.15) is 104 Å². The minimum absolute atomic E-state index is 0.0657. The summed E-state index contributed by atoms with van der Waals surface area (Å²) in [5.41, 5.74) is 15.1. The van der Waals surface area contributed by atoms with Gasteiger partial charge in [-0.2, -0.15) is 0 Å². The van der Waals surface area contributed by atoms with E-state index in [1.54, 1.807) is 0 Å². The average Bonchev–Trinajstić information content (AvgIpc) is 3.68. The Balaban J connectivity index is 1.38. The topological polar surface area (TPSA) is 26.3 Å². The van der Waals surface area contributed by atoms with E-state index < -0.39 is 0 Å². The fourth-order valence-corrected chi connectivity index (χ4v) is 9.10. The van der Waals surface area contributed by atoms with Gasteiger partial charge in [0.1, 0.15) is 22.3 Å². The van der Waals surface area contributed by atoms with E-state index in [2.05, 4.69) is 191 Å². The Kier molecular flexibility index (Phi) is 8.31.